The van der Waals surface area contributed by atoms with E-state index in [1.807, 2.05) is 13.8 Å². The topological polar surface area (TPSA) is 54.0 Å². The fraction of sp³-hybridized carbons (Fsp3) is 0.200. The molecule has 4 nitrogen and oxygen atoms in total. The first-order valence-corrected chi connectivity index (χ1v) is 7.19. The van der Waals surface area contributed by atoms with Gasteiger partial charge in [-0.25, -0.2) is 0 Å². The zero-order valence-corrected chi connectivity index (χ0v) is 13.2. The summed E-state index contributed by atoms with van der Waals surface area (Å²) in [4.78, 5) is 16.3. The Morgan fingerprint density at radius 2 is 1.86 bits per heavy atom. The number of benzene rings is 1. The summed E-state index contributed by atoms with van der Waals surface area (Å²) < 4.78 is 0. The van der Waals surface area contributed by atoms with Gasteiger partial charge in [0.2, 0.25) is 0 Å². The Kier molecular flexibility index (Phi) is 5.04. The van der Waals surface area contributed by atoms with Gasteiger partial charge in [0.15, 0.2) is 0 Å². The molecule has 1 heterocycles. The van der Waals surface area contributed by atoms with E-state index >= 15 is 0 Å². The molecule has 0 spiro atoms. The normalized spacial score (nSPS) is 10.5. The van der Waals surface area contributed by atoms with Crippen molar-refractivity contribution in [3.8, 4) is 0 Å². The van der Waals surface area contributed by atoms with Crippen molar-refractivity contribution < 1.29 is 4.79 Å². The second-order valence-electron chi connectivity index (χ2n) is 4.84. The van der Waals surface area contributed by atoms with Gasteiger partial charge >= 0.3 is 0 Å². The minimum atomic E-state index is -0.256. The van der Waals surface area contributed by atoms with Crippen molar-refractivity contribution in [1.29, 1.82) is 0 Å². The molecule has 0 fully saturated rings. The number of halogens is 2. The minimum Gasteiger partial charge on any atom is -0.382 e. The van der Waals surface area contributed by atoms with Crippen LogP contribution in [0.15, 0.2) is 36.7 Å². The fourth-order valence-corrected chi connectivity index (χ4v) is 2.05. The molecule has 1 aromatic heterocycles. The summed E-state index contributed by atoms with van der Waals surface area (Å²) in [7, 11) is 0. The van der Waals surface area contributed by atoms with Gasteiger partial charge in [0.25, 0.3) is 5.91 Å². The van der Waals surface area contributed by atoms with Crippen LogP contribution in [0.2, 0.25) is 10.0 Å². The van der Waals surface area contributed by atoms with Gasteiger partial charge in [-0.2, -0.15) is 0 Å². The van der Waals surface area contributed by atoms with Gasteiger partial charge in [-0.3, -0.25) is 9.78 Å². The van der Waals surface area contributed by atoms with E-state index in [0.717, 1.165) is 5.69 Å². The quantitative estimate of drug-likeness (QED) is 0.873. The molecular formula is C15H15Cl2N3O. The molecule has 0 saturated heterocycles. The van der Waals surface area contributed by atoms with E-state index in [2.05, 4.69) is 15.6 Å². The summed E-state index contributed by atoms with van der Waals surface area (Å²) in [5.41, 5.74) is 1.84. The lowest BCUT2D eigenvalue weighted by atomic mass is 10.2. The number of nitrogens with zero attached hydrogens (tertiary/aromatic N) is 1. The van der Waals surface area contributed by atoms with Crippen molar-refractivity contribution in [3.05, 3.63) is 52.3 Å². The molecule has 6 heteroatoms. The highest BCUT2D eigenvalue weighted by molar-refractivity contribution is 6.42. The van der Waals surface area contributed by atoms with Crippen LogP contribution >= 0.6 is 23.2 Å². The highest BCUT2D eigenvalue weighted by Gasteiger charge is 2.09. The summed E-state index contributed by atoms with van der Waals surface area (Å²) >= 11 is 11.8. The molecule has 1 aromatic carbocycles. The van der Waals surface area contributed by atoms with E-state index in [4.69, 9.17) is 23.2 Å². The van der Waals surface area contributed by atoms with E-state index in [0.29, 0.717) is 21.3 Å². The first-order valence-electron chi connectivity index (χ1n) is 6.43. The molecule has 0 atom stereocenters. The number of nitrogens with one attached hydrogen (secondary N) is 2. The van der Waals surface area contributed by atoms with Crippen molar-refractivity contribution >= 4 is 40.5 Å². The number of hydrogen-bond donors (Lipinski definition) is 2. The zero-order chi connectivity index (χ0) is 15.4. The molecule has 0 unspecified atom stereocenters. The maximum atomic E-state index is 12.2. The Hall–Kier alpha value is -1.78. The molecule has 0 bridgehead atoms. The number of carbonyl (C=O) groups excluding carboxylic acids is 1. The number of rotatable bonds is 4. The third-order valence-corrected chi connectivity index (χ3v) is 3.37. The van der Waals surface area contributed by atoms with E-state index < -0.39 is 0 Å². The van der Waals surface area contributed by atoms with E-state index in [9.17, 15) is 4.79 Å². The van der Waals surface area contributed by atoms with Gasteiger partial charge in [-0.15, -0.1) is 0 Å². The van der Waals surface area contributed by atoms with Gasteiger partial charge in [0, 0.05) is 24.1 Å². The van der Waals surface area contributed by atoms with Crippen LogP contribution in [0.3, 0.4) is 0 Å². The van der Waals surface area contributed by atoms with E-state index in [1.54, 1.807) is 30.5 Å². The van der Waals surface area contributed by atoms with Crippen LogP contribution in [0.5, 0.6) is 0 Å². The first-order chi connectivity index (χ1) is 9.95. The van der Waals surface area contributed by atoms with Crippen molar-refractivity contribution in [3.63, 3.8) is 0 Å². The Morgan fingerprint density at radius 1 is 1.10 bits per heavy atom. The van der Waals surface area contributed by atoms with Crippen LogP contribution in [0.4, 0.5) is 11.4 Å². The van der Waals surface area contributed by atoms with Gasteiger partial charge in [-0.1, -0.05) is 23.2 Å². The SMILES string of the molecule is CC(C)Nc1cncc(C(=O)Nc2ccc(Cl)c(Cl)c2)c1. The summed E-state index contributed by atoms with van der Waals surface area (Å²) in [6, 6.07) is 6.94. The number of carbonyl (C=O) groups is 1. The summed E-state index contributed by atoms with van der Waals surface area (Å²) in [6.07, 6.45) is 3.19. The van der Waals surface area contributed by atoms with Gasteiger partial charge in [-0.05, 0) is 38.1 Å². The van der Waals surface area contributed by atoms with Gasteiger partial charge in [0.1, 0.15) is 0 Å². The average molecular weight is 324 g/mol. The highest BCUT2D eigenvalue weighted by Crippen LogP contribution is 2.25. The Bertz CT molecular complexity index is 659. The smallest absolute Gasteiger partial charge is 0.257 e. The van der Waals surface area contributed by atoms with E-state index in [-0.39, 0.29) is 11.9 Å². The third kappa shape index (κ3) is 4.34. The second kappa shape index (κ2) is 6.78. The molecule has 21 heavy (non-hydrogen) atoms. The predicted octanol–water partition coefficient (Wildman–Crippen LogP) is 4.46. The van der Waals surface area contributed by atoms with Crippen LogP contribution in [0.25, 0.3) is 0 Å². The van der Waals surface area contributed by atoms with Crippen LogP contribution in [-0.2, 0) is 0 Å². The molecule has 1 amide bonds. The maximum Gasteiger partial charge on any atom is 0.257 e. The fourth-order valence-electron chi connectivity index (χ4n) is 1.75. The zero-order valence-electron chi connectivity index (χ0n) is 11.7. The van der Waals surface area contributed by atoms with Crippen molar-refractivity contribution in [2.45, 2.75) is 19.9 Å². The molecule has 0 radical (unpaired) electrons. The van der Waals surface area contributed by atoms with Crippen LogP contribution < -0.4 is 10.6 Å². The van der Waals surface area contributed by atoms with Gasteiger partial charge < -0.3 is 10.6 Å². The molecule has 2 N–H and O–H groups in total. The lowest BCUT2D eigenvalue weighted by Crippen LogP contribution is -2.14. The van der Waals surface area contributed by atoms with E-state index in [1.165, 1.54) is 6.20 Å². The Morgan fingerprint density at radius 3 is 2.52 bits per heavy atom. The molecule has 2 rings (SSSR count). The van der Waals surface area contributed by atoms with Crippen molar-refractivity contribution in [1.82, 2.24) is 4.98 Å². The maximum absolute atomic E-state index is 12.2. The first kappa shape index (κ1) is 15.6. The highest BCUT2D eigenvalue weighted by atomic mass is 35.5. The number of pyridine rings is 1. The molecule has 0 saturated carbocycles. The standard InChI is InChI=1S/C15H15Cl2N3O/c1-9(2)19-12-5-10(7-18-8-12)15(21)20-11-3-4-13(16)14(17)6-11/h3-9,19H,1-2H3,(H,20,21). The Labute approximate surface area is 133 Å². The Balaban J connectivity index is 2.14. The summed E-state index contributed by atoms with van der Waals surface area (Å²) in [6.45, 7) is 4.03. The summed E-state index contributed by atoms with van der Waals surface area (Å²) in [5, 5.41) is 6.79. The minimum absolute atomic E-state index is 0.256. The second-order valence-corrected chi connectivity index (χ2v) is 5.66. The molecule has 0 aliphatic heterocycles. The van der Waals surface area contributed by atoms with Crippen molar-refractivity contribution in [2.75, 3.05) is 10.6 Å². The summed E-state index contributed by atoms with van der Waals surface area (Å²) in [5.74, 6) is -0.256. The molecule has 0 aliphatic rings. The van der Waals surface area contributed by atoms with Crippen LogP contribution in [0, 0.1) is 0 Å². The number of anilines is 2. The number of amides is 1. The molecular weight excluding hydrogens is 309 g/mol. The monoisotopic (exact) mass is 323 g/mol. The predicted molar refractivity (Wildman–Crippen MR) is 87.4 cm³/mol. The number of hydrogen-bond acceptors (Lipinski definition) is 3. The molecule has 0 aliphatic carbocycles. The average Bonchev–Trinajstić information content (AvgIpc) is 2.42. The largest absolute Gasteiger partial charge is 0.382 e. The van der Waals surface area contributed by atoms with Crippen LogP contribution in [-0.4, -0.2) is 16.9 Å². The lowest BCUT2D eigenvalue weighted by Gasteiger charge is -2.11. The van der Waals surface area contributed by atoms with Crippen molar-refractivity contribution in [2.24, 2.45) is 0 Å². The van der Waals surface area contributed by atoms with Crippen LogP contribution in [0.1, 0.15) is 24.2 Å². The third-order valence-electron chi connectivity index (χ3n) is 2.63. The van der Waals surface area contributed by atoms with Gasteiger partial charge in [0.05, 0.1) is 21.3 Å². The number of aromatic nitrogens is 1. The molecule has 110 valence electrons. The lowest BCUT2D eigenvalue weighted by molar-refractivity contribution is 0.102. The molecule has 2 aromatic rings.